The number of aromatic nitrogens is 2. The minimum atomic E-state index is -0.856. The number of pyridine rings is 2. The molecule has 4 aromatic carbocycles. The highest BCUT2D eigenvalue weighted by Crippen LogP contribution is 2.30. The molecule has 4 N–H and O–H groups in total. The second kappa shape index (κ2) is 17.3. The zero-order chi connectivity index (χ0) is 37.4. The lowest BCUT2D eigenvalue weighted by Crippen LogP contribution is -2.44. The number of carbonyl (C=O) groups is 2. The lowest BCUT2D eigenvalue weighted by molar-refractivity contribution is -0.154. The number of carbonyl (C=O) groups excluding carboxylic acids is 2. The van der Waals surface area contributed by atoms with Crippen LogP contribution in [0.4, 0.5) is 0 Å². The molecule has 0 radical (unpaired) electrons. The van der Waals surface area contributed by atoms with E-state index < -0.39 is 12.0 Å². The van der Waals surface area contributed by atoms with Crippen LogP contribution in [0, 0.1) is 0 Å². The average molecular weight is 733 g/mol. The summed E-state index contributed by atoms with van der Waals surface area (Å²) in [6, 6.07) is 33.9. The van der Waals surface area contributed by atoms with Gasteiger partial charge in [0.1, 0.15) is 6.04 Å². The third kappa shape index (κ3) is 8.44. The molecule has 9 nitrogen and oxygen atoms in total. The molecule has 280 valence electrons. The molecule has 0 fully saturated rings. The van der Waals surface area contributed by atoms with Crippen molar-refractivity contribution in [3.8, 4) is 0 Å². The fraction of sp³-hybridized carbons (Fsp3) is 0.304. The number of hydroxylamine groups is 1. The van der Waals surface area contributed by atoms with Crippen LogP contribution in [0.2, 0.25) is 0 Å². The van der Waals surface area contributed by atoms with Crippen molar-refractivity contribution in [1.29, 1.82) is 0 Å². The van der Waals surface area contributed by atoms with Gasteiger partial charge in [-0.3, -0.25) is 14.8 Å². The number of hydrogen-bond donors (Lipinski definition) is 4. The summed E-state index contributed by atoms with van der Waals surface area (Å²) >= 11 is 0. The monoisotopic (exact) mass is 732 g/mol. The Morgan fingerprint density at radius 3 is 2.09 bits per heavy atom. The van der Waals surface area contributed by atoms with Crippen LogP contribution in [0.15, 0.2) is 116 Å². The van der Waals surface area contributed by atoms with Crippen LogP contribution < -0.4 is 21.4 Å². The molecule has 2 aliphatic carbocycles. The van der Waals surface area contributed by atoms with E-state index in [2.05, 4.69) is 62.8 Å². The Bertz CT molecular complexity index is 2290. The molecule has 8 rings (SSSR count). The minimum Gasteiger partial charge on any atom is -0.369 e. The maximum atomic E-state index is 14.1. The van der Waals surface area contributed by atoms with Crippen molar-refractivity contribution in [2.45, 2.75) is 82.6 Å². The SMILES string of the molecule is O=C(N[C@@H](CCCNC1CCCc2cccnc21)C(=O)ONCc1cccc2ccccc12)c1ccc(CNC2CCCc3cccnc32)c2ccccc12. The zero-order valence-corrected chi connectivity index (χ0v) is 31.1. The Morgan fingerprint density at radius 1 is 0.673 bits per heavy atom. The summed E-state index contributed by atoms with van der Waals surface area (Å²) in [7, 11) is 0. The van der Waals surface area contributed by atoms with Gasteiger partial charge in [-0.25, -0.2) is 4.79 Å². The standard InChI is InChI=1S/C46H48N6O3/c53-45(39-25-24-35(37-19-3-4-20-38(37)39)29-50-41-22-7-14-33-17-9-28-49-44(33)41)52-42(23-10-26-47-40-21-6-13-32-16-8-27-48-43(32)40)46(54)55-51-30-34-15-5-12-31-11-1-2-18-36(31)34/h1-5,8-9,11-12,15-20,24-25,27-28,40-42,47,50-51H,6-7,10,13-14,21-23,26,29-30H2,(H,52,53)/t40?,41?,42-/m0/s1. The summed E-state index contributed by atoms with van der Waals surface area (Å²) in [5.74, 6) is -0.833. The lowest BCUT2D eigenvalue weighted by atomic mass is 9.91. The molecule has 2 heterocycles. The van der Waals surface area contributed by atoms with Crippen molar-refractivity contribution in [1.82, 2.24) is 31.4 Å². The largest absolute Gasteiger partial charge is 0.369 e. The predicted molar refractivity (Wildman–Crippen MR) is 216 cm³/mol. The predicted octanol–water partition coefficient (Wildman–Crippen LogP) is 7.74. The van der Waals surface area contributed by atoms with E-state index in [9.17, 15) is 9.59 Å². The first-order valence-electron chi connectivity index (χ1n) is 19.7. The van der Waals surface area contributed by atoms with Crippen molar-refractivity contribution >= 4 is 33.4 Å². The zero-order valence-electron chi connectivity index (χ0n) is 31.1. The van der Waals surface area contributed by atoms with Gasteiger partial charge in [0.25, 0.3) is 5.91 Å². The molecule has 9 heteroatoms. The molecule has 0 spiro atoms. The quantitative estimate of drug-likeness (QED) is 0.0664. The van der Waals surface area contributed by atoms with Crippen molar-refractivity contribution < 1.29 is 14.4 Å². The van der Waals surface area contributed by atoms with Crippen LogP contribution in [0.5, 0.6) is 0 Å². The molecule has 2 unspecified atom stereocenters. The Labute approximate surface area is 322 Å². The summed E-state index contributed by atoms with van der Waals surface area (Å²) in [4.78, 5) is 42.8. The van der Waals surface area contributed by atoms with Gasteiger partial charge in [-0.15, -0.1) is 5.48 Å². The molecule has 55 heavy (non-hydrogen) atoms. The van der Waals surface area contributed by atoms with Gasteiger partial charge in [-0.1, -0.05) is 84.9 Å². The highest BCUT2D eigenvalue weighted by Gasteiger charge is 2.26. The highest BCUT2D eigenvalue weighted by molar-refractivity contribution is 6.08. The molecular formula is C46H48N6O3. The first kappa shape index (κ1) is 36.5. The second-order valence-electron chi connectivity index (χ2n) is 14.7. The normalized spacial score (nSPS) is 16.9. The Hall–Kier alpha value is -5.48. The summed E-state index contributed by atoms with van der Waals surface area (Å²) in [5, 5.41) is 14.5. The smallest absolute Gasteiger partial charge is 0.347 e. The van der Waals surface area contributed by atoms with Crippen LogP contribution in [0.25, 0.3) is 21.5 Å². The van der Waals surface area contributed by atoms with Gasteiger partial charge in [0.05, 0.1) is 24.0 Å². The number of benzene rings is 4. The van der Waals surface area contributed by atoms with E-state index in [0.29, 0.717) is 38.0 Å². The number of aryl methyl sites for hydroxylation is 2. The Kier molecular flexibility index (Phi) is 11.5. The summed E-state index contributed by atoms with van der Waals surface area (Å²) in [6.45, 7) is 1.66. The van der Waals surface area contributed by atoms with Gasteiger partial charge in [0, 0.05) is 30.5 Å². The Morgan fingerprint density at radius 2 is 1.33 bits per heavy atom. The molecule has 0 aliphatic heterocycles. The van der Waals surface area contributed by atoms with Gasteiger partial charge in [-0.05, 0) is 120 Å². The lowest BCUT2D eigenvalue weighted by Gasteiger charge is -2.26. The van der Waals surface area contributed by atoms with E-state index >= 15 is 0 Å². The molecule has 2 aromatic heterocycles. The number of amides is 1. The first-order valence-corrected chi connectivity index (χ1v) is 19.7. The van der Waals surface area contributed by atoms with Gasteiger partial charge in [-0.2, -0.15) is 0 Å². The van der Waals surface area contributed by atoms with Crippen LogP contribution in [-0.4, -0.2) is 34.4 Å². The third-order valence-electron chi connectivity index (χ3n) is 11.2. The minimum absolute atomic E-state index is 0.177. The third-order valence-corrected chi connectivity index (χ3v) is 11.2. The average Bonchev–Trinajstić information content (AvgIpc) is 3.23. The number of nitrogens with one attached hydrogen (secondary N) is 4. The Balaban J connectivity index is 0.958. The van der Waals surface area contributed by atoms with Gasteiger partial charge in [0.2, 0.25) is 0 Å². The molecule has 0 bridgehead atoms. The number of hydrogen-bond acceptors (Lipinski definition) is 8. The molecule has 6 aromatic rings. The fourth-order valence-electron chi connectivity index (χ4n) is 8.33. The van der Waals surface area contributed by atoms with Gasteiger partial charge in [0.15, 0.2) is 0 Å². The number of rotatable bonds is 14. The van der Waals surface area contributed by atoms with Crippen LogP contribution in [0.1, 0.15) is 94.6 Å². The summed E-state index contributed by atoms with van der Waals surface area (Å²) in [5.41, 5.74) is 10.4. The molecule has 2 aliphatic rings. The summed E-state index contributed by atoms with van der Waals surface area (Å²) < 4.78 is 0. The van der Waals surface area contributed by atoms with Crippen molar-refractivity contribution in [3.05, 3.63) is 155 Å². The topological polar surface area (TPSA) is 117 Å². The number of nitrogens with zero attached hydrogens (tertiary/aromatic N) is 2. The second-order valence-corrected chi connectivity index (χ2v) is 14.7. The molecule has 0 saturated heterocycles. The molecular weight excluding hydrogens is 685 g/mol. The van der Waals surface area contributed by atoms with Crippen LogP contribution in [0.3, 0.4) is 0 Å². The van der Waals surface area contributed by atoms with E-state index in [-0.39, 0.29) is 18.0 Å². The highest BCUT2D eigenvalue weighted by atomic mass is 16.7. The van der Waals surface area contributed by atoms with E-state index in [1.807, 2.05) is 79.1 Å². The van der Waals surface area contributed by atoms with Crippen molar-refractivity contribution in [2.75, 3.05) is 6.54 Å². The van der Waals surface area contributed by atoms with Crippen molar-refractivity contribution in [3.63, 3.8) is 0 Å². The maximum Gasteiger partial charge on any atom is 0.347 e. The summed E-state index contributed by atoms with van der Waals surface area (Å²) in [6.07, 6.45) is 11.2. The van der Waals surface area contributed by atoms with Crippen LogP contribution in [-0.2, 0) is 35.6 Å². The van der Waals surface area contributed by atoms with Gasteiger partial charge < -0.3 is 20.8 Å². The molecule has 3 atom stereocenters. The van der Waals surface area contributed by atoms with E-state index in [4.69, 9.17) is 9.82 Å². The van der Waals surface area contributed by atoms with Crippen molar-refractivity contribution in [2.24, 2.45) is 0 Å². The first-order chi connectivity index (χ1) is 27.1. The fourth-order valence-corrected chi connectivity index (χ4v) is 8.33. The number of fused-ring (bicyclic) bond motifs is 4. The van der Waals surface area contributed by atoms with Gasteiger partial charge >= 0.3 is 5.97 Å². The maximum absolute atomic E-state index is 14.1. The van der Waals surface area contributed by atoms with Crippen LogP contribution >= 0.6 is 0 Å². The van der Waals surface area contributed by atoms with E-state index in [1.54, 1.807) is 0 Å². The molecule has 1 amide bonds. The van der Waals surface area contributed by atoms with E-state index in [1.165, 1.54) is 11.1 Å². The van der Waals surface area contributed by atoms with E-state index in [0.717, 1.165) is 82.6 Å². The molecule has 0 saturated carbocycles.